The van der Waals surface area contributed by atoms with E-state index in [-0.39, 0.29) is 17.2 Å². The van der Waals surface area contributed by atoms with Crippen LogP contribution in [0.1, 0.15) is 11.1 Å². The minimum atomic E-state index is -3.62. The maximum absolute atomic E-state index is 12.1. The van der Waals surface area contributed by atoms with Crippen LogP contribution in [0, 0.1) is 11.3 Å². The number of benzene rings is 2. The van der Waals surface area contributed by atoms with E-state index in [1.165, 1.54) is 18.2 Å². The van der Waals surface area contributed by atoms with Gasteiger partial charge in [0, 0.05) is 6.54 Å². The molecular formula is C15H14N2O3S. The second-order valence-electron chi connectivity index (χ2n) is 4.45. The molecule has 0 fully saturated rings. The Morgan fingerprint density at radius 1 is 1.14 bits per heavy atom. The van der Waals surface area contributed by atoms with Gasteiger partial charge < -0.3 is 5.11 Å². The molecule has 0 unspecified atom stereocenters. The summed E-state index contributed by atoms with van der Waals surface area (Å²) >= 11 is 0. The van der Waals surface area contributed by atoms with Crippen LogP contribution >= 0.6 is 0 Å². The van der Waals surface area contributed by atoms with Gasteiger partial charge in [-0.05, 0) is 42.3 Å². The molecule has 0 aliphatic heterocycles. The minimum Gasteiger partial charge on any atom is -0.508 e. The van der Waals surface area contributed by atoms with Crippen molar-refractivity contribution in [1.82, 2.24) is 4.72 Å². The van der Waals surface area contributed by atoms with Crippen molar-refractivity contribution in [3.05, 3.63) is 59.7 Å². The van der Waals surface area contributed by atoms with Crippen LogP contribution in [0.25, 0.3) is 0 Å². The average molecular weight is 302 g/mol. The zero-order valence-corrected chi connectivity index (χ0v) is 12.0. The minimum absolute atomic E-state index is 0.0762. The summed E-state index contributed by atoms with van der Waals surface area (Å²) in [6.07, 6.45) is 0.511. The fourth-order valence-electron chi connectivity index (χ4n) is 1.81. The molecule has 2 rings (SSSR count). The van der Waals surface area contributed by atoms with Crippen molar-refractivity contribution in [3.8, 4) is 11.8 Å². The first kappa shape index (κ1) is 15.0. The molecule has 108 valence electrons. The Labute approximate surface area is 123 Å². The number of nitrogens with one attached hydrogen (secondary N) is 1. The number of phenolic OH excluding ortho intramolecular Hbond substituents is 1. The van der Waals surface area contributed by atoms with Gasteiger partial charge in [0.1, 0.15) is 5.75 Å². The SMILES string of the molecule is N#Cc1cccc(S(=O)(=O)NCCc2ccc(O)cc2)c1. The van der Waals surface area contributed by atoms with Crippen LogP contribution in [0.3, 0.4) is 0 Å². The maximum atomic E-state index is 12.1. The van der Waals surface area contributed by atoms with Crippen LogP contribution in [0.5, 0.6) is 5.75 Å². The van der Waals surface area contributed by atoms with Gasteiger partial charge in [0.15, 0.2) is 0 Å². The van der Waals surface area contributed by atoms with Crippen LogP contribution in [0.4, 0.5) is 0 Å². The van der Waals surface area contributed by atoms with Crippen LogP contribution < -0.4 is 4.72 Å². The average Bonchev–Trinajstić information content (AvgIpc) is 2.49. The Hall–Kier alpha value is -2.36. The highest BCUT2D eigenvalue weighted by Crippen LogP contribution is 2.12. The fraction of sp³-hybridized carbons (Fsp3) is 0.133. The molecule has 0 aromatic heterocycles. The summed E-state index contributed by atoms with van der Waals surface area (Å²) in [7, 11) is -3.62. The van der Waals surface area contributed by atoms with Crippen molar-refractivity contribution in [2.75, 3.05) is 6.54 Å². The molecule has 2 aromatic rings. The van der Waals surface area contributed by atoms with Crippen LogP contribution in [0.2, 0.25) is 0 Å². The Bertz CT molecular complexity index is 762. The van der Waals surface area contributed by atoms with E-state index in [1.54, 1.807) is 30.3 Å². The van der Waals surface area contributed by atoms with Gasteiger partial charge in [-0.2, -0.15) is 5.26 Å². The summed E-state index contributed by atoms with van der Waals surface area (Å²) in [5.74, 6) is 0.174. The second-order valence-corrected chi connectivity index (χ2v) is 6.22. The number of nitrogens with zero attached hydrogens (tertiary/aromatic N) is 1. The molecule has 0 atom stereocenters. The highest BCUT2D eigenvalue weighted by Gasteiger charge is 2.13. The lowest BCUT2D eigenvalue weighted by Crippen LogP contribution is -2.26. The number of phenols is 1. The third-order valence-corrected chi connectivity index (χ3v) is 4.37. The van der Waals surface area contributed by atoms with Gasteiger partial charge in [0.05, 0.1) is 16.5 Å². The van der Waals surface area contributed by atoms with Gasteiger partial charge in [0.2, 0.25) is 10.0 Å². The Morgan fingerprint density at radius 2 is 1.86 bits per heavy atom. The first-order chi connectivity index (χ1) is 10.0. The van der Waals surface area contributed by atoms with Crippen molar-refractivity contribution >= 4 is 10.0 Å². The topological polar surface area (TPSA) is 90.2 Å². The number of hydrogen-bond donors (Lipinski definition) is 2. The summed E-state index contributed by atoms with van der Waals surface area (Å²) in [4.78, 5) is 0.0762. The second kappa shape index (κ2) is 6.39. The third-order valence-electron chi connectivity index (χ3n) is 2.92. The molecule has 0 aliphatic rings. The molecule has 21 heavy (non-hydrogen) atoms. The number of sulfonamides is 1. The Balaban J connectivity index is 2.01. The monoisotopic (exact) mass is 302 g/mol. The van der Waals surface area contributed by atoms with Crippen LogP contribution in [-0.4, -0.2) is 20.1 Å². The van der Waals surface area contributed by atoms with Gasteiger partial charge in [-0.25, -0.2) is 13.1 Å². The molecule has 0 saturated heterocycles. The molecule has 6 heteroatoms. The Kier molecular flexibility index (Phi) is 4.58. The van der Waals surface area contributed by atoms with Crippen molar-refractivity contribution in [3.63, 3.8) is 0 Å². The summed E-state index contributed by atoms with van der Waals surface area (Å²) in [5.41, 5.74) is 1.22. The zero-order chi connectivity index (χ0) is 15.3. The summed E-state index contributed by atoms with van der Waals surface area (Å²) in [5, 5.41) is 18.0. The van der Waals surface area contributed by atoms with Crippen molar-refractivity contribution in [1.29, 1.82) is 5.26 Å². The van der Waals surface area contributed by atoms with E-state index in [4.69, 9.17) is 5.26 Å². The number of hydrogen-bond acceptors (Lipinski definition) is 4. The smallest absolute Gasteiger partial charge is 0.240 e. The van der Waals surface area contributed by atoms with E-state index in [0.717, 1.165) is 5.56 Å². The number of aromatic hydroxyl groups is 1. The molecule has 0 bridgehead atoms. The van der Waals surface area contributed by atoms with Gasteiger partial charge >= 0.3 is 0 Å². The lowest BCUT2D eigenvalue weighted by atomic mass is 10.1. The van der Waals surface area contributed by atoms with Crippen LogP contribution in [-0.2, 0) is 16.4 Å². The van der Waals surface area contributed by atoms with Crippen molar-refractivity contribution < 1.29 is 13.5 Å². The highest BCUT2D eigenvalue weighted by molar-refractivity contribution is 7.89. The summed E-state index contributed by atoms with van der Waals surface area (Å²) < 4.78 is 26.7. The first-order valence-electron chi connectivity index (χ1n) is 6.29. The highest BCUT2D eigenvalue weighted by atomic mass is 32.2. The van der Waals surface area contributed by atoms with E-state index < -0.39 is 10.0 Å². The zero-order valence-electron chi connectivity index (χ0n) is 11.2. The molecule has 0 amide bonds. The molecule has 2 N–H and O–H groups in total. The predicted molar refractivity (Wildman–Crippen MR) is 78.2 cm³/mol. The largest absolute Gasteiger partial charge is 0.508 e. The number of nitriles is 1. The lowest BCUT2D eigenvalue weighted by molar-refractivity contribution is 0.475. The lowest BCUT2D eigenvalue weighted by Gasteiger charge is -2.07. The standard InChI is InChI=1S/C15H14N2O3S/c16-11-13-2-1-3-15(10-13)21(19,20)17-9-8-12-4-6-14(18)7-5-12/h1-7,10,17-18H,8-9H2. The quantitative estimate of drug-likeness (QED) is 0.881. The summed E-state index contributed by atoms with van der Waals surface area (Å²) in [6.45, 7) is 0.240. The Morgan fingerprint density at radius 3 is 2.52 bits per heavy atom. The van der Waals surface area contributed by atoms with E-state index in [0.29, 0.717) is 12.0 Å². The van der Waals surface area contributed by atoms with Crippen molar-refractivity contribution in [2.24, 2.45) is 0 Å². The molecule has 5 nitrogen and oxygen atoms in total. The van der Waals surface area contributed by atoms with E-state index in [9.17, 15) is 13.5 Å². The predicted octanol–water partition coefficient (Wildman–Crippen LogP) is 1.78. The van der Waals surface area contributed by atoms with Crippen LogP contribution in [0.15, 0.2) is 53.4 Å². The van der Waals surface area contributed by atoms with Crippen molar-refractivity contribution in [2.45, 2.75) is 11.3 Å². The van der Waals surface area contributed by atoms with Gasteiger partial charge in [-0.1, -0.05) is 18.2 Å². The fourth-order valence-corrected chi connectivity index (χ4v) is 2.89. The van der Waals surface area contributed by atoms with E-state index >= 15 is 0 Å². The molecule has 0 heterocycles. The molecular weight excluding hydrogens is 288 g/mol. The maximum Gasteiger partial charge on any atom is 0.240 e. The first-order valence-corrected chi connectivity index (χ1v) is 7.77. The number of rotatable bonds is 5. The van der Waals surface area contributed by atoms with Gasteiger partial charge in [-0.3, -0.25) is 0 Å². The van der Waals surface area contributed by atoms with Gasteiger partial charge in [0.25, 0.3) is 0 Å². The molecule has 0 saturated carbocycles. The van der Waals surface area contributed by atoms with E-state index in [1.807, 2.05) is 6.07 Å². The molecule has 0 radical (unpaired) electrons. The third kappa shape index (κ3) is 4.05. The molecule has 2 aromatic carbocycles. The molecule has 0 spiro atoms. The summed E-state index contributed by atoms with van der Waals surface area (Å²) in [6, 6.07) is 14.4. The van der Waals surface area contributed by atoms with Gasteiger partial charge in [-0.15, -0.1) is 0 Å². The van der Waals surface area contributed by atoms with E-state index in [2.05, 4.69) is 4.72 Å². The normalized spacial score (nSPS) is 11.0. The molecule has 0 aliphatic carbocycles.